The predicted molar refractivity (Wildman–Crippen MR) is 118 cm³/mol. The van der Waals surface area contributed by atoms with Crippen LogP contribution in [-0.4, -0.2) is 36.3 Å². The molecule has 0 saturated carbocycles. The molecule has 3 rings (SSSR count). The quantitative estimate of drug-likeness (QED) is 0.468. The van der Waals surface area contributed by atoms with E-state index in [-0.39, 0.29) is 0 Å². The largest absolute Gasteiger partial charge is 0.464 e. The number of thioether (sulfide) groups is 1. The van der Waals surface area contributed by atoms with Gasteiger partial charge in [0, 0.05) is 17.7 Å². The zero-order valence-electron chi connectivity index (χ0n) is 15.7. The minimum Gasteiger partial charge on any atom is -0.464 e. The lowest BCUT2D eigenvalue weighted by atomic mass is 10.2. The van der Waals surface area contributed by atoms with E-state index in [9.17, 15) is 0 Å². The van der Waals surface area contributed by atoms with Crippen molar-refractivity contribution in [1.29, 1.82) is 0 Å². The number of nitrogens with zero attached hydrogens (tertiary/aromatic N) is 2. The monoisotopic (exact) mass is 399 g/mol. The maximum Gasteiger partial charge on any atom is 0.183 e. The van der Waals surface area contributed by atoms with E-state index in [4.69, 9.17) is 4.42 Å². The van der Waals surface area contributed by atoms with Gasteiger partial charge in [-0.25, -0.2) is 4.98 Å². The Hall–Kier alpha value is -2.02. The van der Waals surface area contributed by atoms with Crippen molar-refractivity contribution < 1.29 is 4.42 Å². The van der Waals surface area contributed by atoms with Crippen molar-refractivity contribution in [2.75, 3.05) is 31.7 Å². The summed E-state index contributed by atoms with van der Waals surface area (Å²) >= 11 is 3.51. The highest BCUT2D eigenvalue weighted by atomic mass is 32.2. The summed E-state index contributed by atoms with van der Waals surface area (Å²) in [5.74, 6) is 3.98. The number of benzene rings is 1. The molecule has 1 aromatic carbocycles. The average molecular weight is 400 g/mol. The number of hydrogen-bond acceptors (Lipinski definition) is 6. The maximum atomic E-state index is 5.83. The van der Waals surface area contributed by atoms with E-state index < -0.39 is 0 Å². The van der Waals surface area contributed by atoms with Gasteiger partial charge < -0.3 is 14.6 Å². The molecule has 0 spiro atoms. The highest BCUT2D eigenvalue weighted by Crippen LogP contribution is 2.19. The van der Waals surface area contributed by atoms with Crippen molar-refractivity contribution in [2.45, 2.75) is 12.3 Å². The first-order valence-corrected chi connectivity index (χ1v) is 10.9. The van der Waals surface area contributed by atoms with Crippen LogP contribution >= 0.6 is 23.1 Å². The molecule has 4 nitrogen and oxygen atoms in total. The summed E-state index contributed by atoms with van der Waals surface area (Å²) in [7, 11) is 4.09. The second kappa shape index (κ2) is 10.3. The normalized spacial score (nSPS) is 11.5. The molecule has 142 valence electrons. The smallest absolute Gasteiger partial charge is 0.183 e. The number of hydrogen-bond donors (Lipinski definition) is 1. The van der Waals surface area contributed by atoms with Gasteiger partial charge in [-0.3, -0.25) is 0 Å². The molecule has 3 aromatic rings. The first kappa shape index (κ1) is 19.7. The Bertz CT molecular complexity index is 840. The third-order valence-corrected chi connectivity index (χ3v) is 5.52. The number of anilines is 1. The fraction of sp³-hybridized carbons (Fsp3) is 0.286. The number of rotatable bonds is 10. The van der Waals surface area contributed by atoms with Crippen molar-refractivity contribution in [3.8, 4) is 0 Å². The molecule has 0 aliphatic heterocycles. The lowest BCUT2D eigenvalue weighted by Crippen LogP contribution is -2.09. The van der Waals surface area contributed by atoms with Gasteiger partial charge in [0.2, 0.25) is 0 Å². The third kappa shape index (κ3) is 6.90. The lowest BCUT2D eigenvalue weighted by Gasteiger charge is -2.05. The van der Waals surface area contributed by atoms with Crippen molar-refractivity contribution in [3.63, 3.8) is 0 Å². The van der Waals surface area contributed by atoms with Crippen molar-refractivity contribution in [3.05, 3.63) is 70.6 Å². The molecule has 0 radical (unpaired) electrons. The summed E-state index contributed by atoms with van der Waals surface area (Å²) < 4.78 is 5.83. The maximum absolute atomic E-state index is 5.83. The molecule has 0 fully saturated rings. The van der Waals surface area contributed by atoms with Gasteiger partial charge in [-0.05, 0) is 37.9 Å². The van der Waals surface area contributed by atoms with Crippen molar-refractivity contribution in [2.24, 2.45) is 0 Å². The van der Waals surface area contributed by atoms with Crippen LogP contribution in [0.4, 0.5) is 5.13 Å². The molecule has 0 unspecified atom stereocenters. The summed E-state index contributed by atoms with van der Waals surface area (Å²) in [6.07, 6.45) is 4.14. The van der Waals surface area contributed by atoms with Gasteiger partial charge in [-0.2, -0.15) is 11.8 Å². The van der Waals surface area contributed by atoms with Crippen molar-refractivity contribution in [1.82, 2.24) is 9.88 Å². The minimum atomic E-state index is 0.845. The number of nitrogens with one attached hydrogen (secondary N) is 1. The van der Waals surface area contributed by atoms with Gasteiger partial charge in [0.15, 0.2) is 5.13 Å². The molecule has 0 aliphatic carbocycles. The van der Waals surface area contributed by atoms with Gasteiger partial charge in [-0.15, -0.1) is 11.3 Å². The van der Waals surface area contributed by atoms with Gasteiger partial charge in [0.05, 0.1) is 18.0 Å². The topological polar surface area (TPSA) is 41.3 Å². The van der Waals surface area contributed by atoms with E-state index in [2.05, 4.69) is 50.9 Å². The Morgan fingerprint density at radius 2 is 1.93 bits per heavy atom. The second-order valence-corrected chi connectivity index (χ2v) is 8.37. The van der Waals surface area contributed by atoms with E-state index >= 15 is 0 Å². The molecule has 0 amide bonds. The van der Waals surface area contributed by atoms with E-state index in [0.29, 0.717) is 0 Å². The van der Waals surface area contributed by atoms with Crippen LogP contribution in [0.1, 0.15) is 22.8 Å². The van der Waals surface area contributed by atoms with Crippen LogP contribution in [0.25, 0.3) is 12.2 Å². The summed E-state index contributed by atoms with van der Waals surface area (Å²) in [5.41, 5.74) is 2.17. The Morgan fingerprint density at radius 1 is 1.11 bits per heavy atom. The molecule has 1 N–H and O–H groups in total. The molecular weight excluding hydrogens is 374 g/mol. The Balaban J connectivity index is 1.35. The standard InChI is InChI=1S/C21H25N3OS2/c1-24(2)14-19-10-11-20(25-19)16-26-13-12-22-21-23-18(15-27-21)9-8-17-6-4-3-5-7-17/h3-11,15H,12-14,16H2,1-2H3,(H,22,23)/b9-8+. The SMILES string of the molecule is CN(C)Cc1ccc(CSCCNc2nc(/C=C/c3ccccc3)cs2)o1. The first-order chi connectivity index (χ1) is 13.2. The number of thiazole rings is 1. The van der Waals surface area contributed by atoms with E-state index in [1.165, 1.54) is 5.56 Å². The van der Waals surface area contributed by atoms with Crippen LogP contribution in [0, 0.1) is 0 Å². The van der Waals surface area contributed by atoms with Crippen LogP contribution < -0.4 is 5.32 Å². The number of aromatic nitrogens is 1. The molecular formula is C21H25N3OS2. The first-order valence-electron chi connectivity index (χ1n) is 8.91. The van der Waals surface area contributed by atoms with Crippen molar-refractivity contribution >= 4 is 40.4 Å². The molecule has 2 heterocycles. The molecule has 6 heteroatoms. The Kier molecular flexibility index (Phi) is 7.56. The number of furan rings is 1. The second-order valence-electron chi connectivity index (χ2n) is 6.41. The third-order valence-electron chi connectivity index (χ3n) is 3.72. The van der Waals surface area contributed by atoms with Gasteiger partial charge >= 0.3 is 0 Å². The fourth-order valence-electron chi connectivity index (χ4n) is 2.49. The summed E-state index contributed by atoms with van der Waals surface area (Å²) in [6, 6.07) is 14.4. The fourth-order valence-corrected chi connectivity index (χ4v) is 3.94. The zero-order valence-corrected chi connectivity index (χ0v) is 17.4. The lowest BCUT2D eigenvalue weighted by molar-refractivity contribution is 0.344. The zero-order chi connectivity index (χ0) is 18.9. The van der Waals surface area contributed by atoms with Crippen LogP contribution in [0.15, 0.2) is 52.3 Å². The molecule has 0 saturated heterocycles. The van der Waals surface area contributed by atoms with Gasteiger partial charge in [-0.1, -0.05) is 36.4 Å². The van der Waals surface area contributed by atoms with Gasteiger partial charge in [0.25, 0.3) is 0 Å². The molecule has 0 atom stereocenters. The summed E-state index contributed by atoms with van der Waals surface area (Å²) in [5, 5.41) is 6.44. The molecule has 0 aliphatic rings. The van der Waals surface area contributed by atoms with Gasteiger partial charge in [0.1, 0.15) is 11.5 Å². The summed E-state index contributed by atoms with van der Waals surface area (Å²) in [6.45, 7) is 1.74. The molecule has 27 heavy (non-hydrogen) atoms. The Morgan fingerprint density at radius 3 is 2.74 bits per heavy atom. The molecule has 0 bridgehead atoms. The average Bonchev–Trinajstić information content (AvgIpc) is 3.29. The van der Waals surface area contributed by atoms with Crippen LogP contribution in [0.3, 0.4) is 0 Å². The Labute approximate surface area is 169 Å². The summed E-state index contributed by atoms with van der Waals surface area (Å²) in [4.78, 5) is 6.71. The van der Waals surface area contributed by atoms with Crippen LogP contribution in [-0.2, 0) is 12.3 Å². The molecule has 2 aromatic heterocycles. The van der Waals surface area contributed by atoms with Crippen LogP contribution in [0.5, 0.6) is 0 Å². The highest BCUT2D eigenvalue weighted by Gasteiger charge is 2.04. The highest BCUT2D eigenvalue weighted by molar-refractivity contribution is 7.98. The predicted octanol–water partition coefficient (Wildman–Crippen LogP) is 5.31. The van der Waals surface area contributed by atoms with Crippen LogP contribution in [0.2, 0.25) is 0 Å². The minimum absolute atomic E-state index is 0.845. The van der Waals surface area contributed by atoms with E-state index in [1.54, 1.807) is 11.3 Å². The van der Waals surface area contributed by atoms with E-state index in [1.807, 2.05) is 50.1 Å². The van der Waals surface area contributed by atoms with E-state index in [0.717, 1.165) is 46.9 Å².